The molecule has 0 spiro atoms. The molecule has 2 unspecified atom stereocenters. The number of hydrogen-bond acceptors (Lipinski definition) is 8. The van der Waals surface area contributed by atoms with Crippen molar-refractivity contribution in [1.82, 2.24) is 0 Å². The van der Waals surface area contributed by atoms with E-state index in [1.807, 2.05) is 0 Å². The molecule has 0 aliphatic heterocycles. The summed E-state index contributed by atoms with van der Waals surface area (Å²) >= 11 is 0. The van der Waals surface area contributed by atoms with E-state index < -0.39 is 26.5 Å². The molecule has 0 radical (unpaired) electrons. The lowest BCUT2D eigenvalue weighted by Crippen LogP contribution is -2.29. The number of hydrogen-bond donors (Lipinski definition) is 2. The van der Waals surface area contributed by atoms with Gasteiger partial charge in [-0.1, -0.05) is 251 Å². The summed E-state index contributed by atoms with van der Waals surface area (Å²) in [6, 6.07) is 0. The van der Waals surface area contributed by atoms with Crippen LogP contribution in [0.5, 0.6) is 0 Å². The van der Waals surface area contributed by atoms with Gasteiger partial charge in [0.15, 0.2) is 6.10 Å². The molecule has 0 aromatic heterocycles. The van der Waals surface area contributed by atoms with Crippen LogP contribution in [0.4, 0.5) is 0 Å². The highest BCUT2D eigenvalue weighted by molar-refractivity contribution is 7.47. The average Bonchev–Trinajstić information content (AvgIpc) is 3.24. The molecule has 0 saturated heterocycles. The first-order chi connectivity index (χ1) is 29.3. The Hall–Kier alpha value is -0.990. The molecule has 0 aromatic carbocycles. The molecule has 0 aliphatic carbocycles. The van der Waals surface area contributed by atoms with E-state index in [-0.39, 0.29) is 38.6 Å². The maximum atomic E-state index is 12.7. The highest BCUT2D eigenvalue weighted by Crippen LogP contribution is 2.43. The zero-order valence-corrected chi connectivity index (χ0v) is 40.6. The van der Waals surface area contributed by atoms with Crippen molar-refractivity contribution in [3.8, 4) is 0 Å². The van der Waals surface area contributed by atoms with Crippen LogP contribution in [0, 0.1) is 0 Å². The maximum absolute atomic E-state index is 12.7. The first kappa shape index (κ1) is 59.0. The second-order valence-corrected chi connectivity index (χ2v) is 19.2. The number of esters is 2. The van der Waals surface area contributed by atoms with E-state index in [1.165, 1.54) is 212 Å². The largest absolute Gasteiger partial charge is 0.472 e. The normalized spacial score (nSPS) is 13.1. The predicted molar refractivity (Wildman–Crippen MR) is 252 cm³/mol. The minimum atomic E-state index is -4.37. The Morgan fingerprint density at radius 2 is 0.717 bits per heavy atom. The van der Waals surface area contributed by atoms with Crippen molar-refractivity contribution in [2.75, 3.05) is 26.4 Å². The number of ether oxygens (including phenoxy) is 2. The molecule has 0 rings (SSSR count). The van der Waals surface area contributed by atoms with Crippen LogP contribution in [-0.2, 0) is 32.7 Å². The molecule has 0 amide bonds. The fraction of sp³-hybridized carbons (Fsp3) is 0.960. The van der Waals surface area contributed by atoms with Crippen molar-refractivity contribution in [2.24, 2.45) is 5.73 Å². The van der Waals surface area contributed by atoms with Gasteiger partial charge in [0.05, 0.1) is 13.2 Å². The van der Waals surface area contributed by atoms with Crippen LogP contribution in [0.25, 0.3) is 0 Å². The SMILES string of the molecule is CCCCCCCCCCCCCCCCCCCCCCCC(=O)OC(COC(=O)CCCCCCCCCCCCCCCCCCCC)COP(=O)(O)OCCN. The minimum Gasteiger partial charge on any atom is -0.462 e. The third-order valence-electron chi connectivity index (χ3n) is 11.7. The lowest BCUT2D eigenvalue weighted by molar-refractivity contribution is -0.161. The van der Waals surface area contributed by atoms with Crippen LogP contribution in [0.3, 0.4) is 0 Å². The van der Waals surface area contributed by atoms with Gasteiger partial charge in [-0.15, -0.1) is 0 Å². The van der Waals surface area contributed by atoms with Gasteiger partial charge in [0.25, 0.3) is 0 Å². The monoisotopic (exact) mass is 874 g/mol. The van der Waals surface area contributed by atoms with Gasteiger partial charge < -0.3 is 20.1 Å². The Labute approximate surface area is 371 Å². The molecule has 0 heterocycles. The molecule has 60 heavy (non-hydrogen) atoms. The van der Waals surface area contributed by atoms with Gasteiger partial charge in [-0.3, -0.25) is 18.6 Å². The number of phosphoric acid groups is 1. The number of carbonyl (C=O) groups excluding carboxylic acids is 2. The van der Waals surface area contributed by atoms with Crippen LogP contribution >= 0.6 is 7.82 Å². The number of carbonyl (C=O) groups is 2. The molecule has 0 saturated carbocycles. The fourth-order valence-corrected chi connectivity index (χ4v) is 8.64. The van der Waals surface area contributed by atoms with Crippen molar-refractivity contribution >= 4 is 19.8 Å². The number of phosphoric ester groups is 1. The Morgan fingerprint density at radius 1 is 0.433 bits per heavy atom. The van der Waals surface area contributed by atoms with Gasteiger partial charge in [0, 0.05) is 19.4 Å². The van der Waals surface area contributed by atoms with Crippen LogP contribution in [0.2, 0.25) is 0 Å². The highest BCUT2D eigenvalue weighted by atomic mass is 31.2. The van der Waals surface area contributed by atoms with Crippen molar-refractivity contribution in [3.05, 3.63) is 0 Å². The van der Waals surface area contributed by atoms with Gasteiger partial charge in [-0.25, -0.2) is 4.57 Å². The third-order valence-corrected chi connectivity index (χ3v) is 12.7. The zero-order valence-electron chi connectivity index (χ0n) is 39.7. The van der Waals surface area contributed by atoms with Crippen molar-refractivity contribution in [3.63, 3.8) is 0 Å². The Bertz CT molecular complexity index is 953. The molecule has 0 fully saturated rings. The van der Waals surface area contributed by atoms with E-state index >= 15 is 0 Å². The summed E-state index contributed by atoms with van der Waals surface area (Å²) in [4.78, 5) is 35.0. The number of unbranched alkanes of at least 4 members (excludes halogenated alkanes) is 37. The average molecular weight is 874 g/mol. The molecule has 0 aromatic rings. The predicted octanol–water partition coefficient (Wildman–Crippen LogP) is 15.6. The van der Waals surface area contributed by atoms with E-state index in [4.69, 9.17) is 24.3 Å². The van der Waals surface area contributed by atoms with Crippen molar-refractivity contribution in [1.29, 1.82) is 0 Å². The molecule has 0 bridgehead atoms. The minimum absolute atomic E-state index is 0.0584. The standard InChI is InChI=1S/C50H100NO8P/c1-3-5-7-9-11-13-15-17-19-21-23-24-25-27-29-31-33-35-37-39-41-43-50(53)59-48(47-58-60(54,55)57-45-44-51)46-56-49(52)42-40-38-36-34-32-30-28-26-22-20-18-16-14-12-10-8-6-4-2/h48H,3-47,51H2,1-2H3,(H,54,55). The molecule has 358 valence electrons. The molecule has 10 heteroatoms. The highest BCUT2D eigenvalue weighted by Gasteiger charge is 2.26. The molecule has 0 aliphatic rings. The molecular weight excluding hydrogens is 774 g/mol. The Balaban J connectivity index is 3.98. The second kappa shape index (κ2) is 47.5. The molecule has 9 nitrogen and oxygen atoms in total. The smallest absolute Gasteiger partial charge is 0.462 e. The van der Waals surface area contributed by atoms with Crippen LogP contribution in [0.1, 0.15) is 277 Å². The summed E-state index contributed by atoms with van der Waals surface area (Å²) in [6.07, 6.45) is 50.0. The van der Waals surface area contributed by atoms with Crippen LogP contribution < -0.4 is 5.73 Å². The summed E-state index contributed by atoms with van der Waals surface area (Å²) in [6.45, 7) is 3.81. The Kier molecular flexibility index (Phi) is 46.7. The summed E-state index contributed by atoms with van der Waals surface area (Å²) in [5.41, 5.74) is 5.37. The van der Waals surface area contributed by atoms with Gasteiger partial charge in [0.1, 0.15) is 6.61 Å². The Morgan fingerprint density at radius 3 is 1.02 bits per heavy atom. The van der Waals surface area contributed by atoms with Crippen molar-refractivity contribution in [2.45, 2.75) is 283 Å². The van der Waals surface area contributed by atoms with Crippen molar-refractivity contribution < 1.29 is 37.6 Å². The fourth-order valence-electron chi connectivity index (χ4n) is 7.87. The van der Waals surface area contributed by atoms with Gasteiger partial charge in [0.2, 0.25) is 0 Å². The zero-order chi connectivity index (χ0) is 43.9. The van der Waals surface area contributed by atoms with E-state index in [0.717, 1.165) is 32.1 Å². The first-order valence-corrected chi connectivity index (χ1v) is 27.5. The van der Waals surface area contributed by atoms with Gasteiger partial charge in [-0.2, -0.15) is 0 Å². The summed E-state index contributed by atoms with van der Waals surface area (Å²) in [7, 11) is -4.37. The number of rotatable bonds is 50. The van der Waals surface area contributed by atoms with E-state index in [1.54, 1.807) is 0 Å². The lowest BCUT2D eigenvalue weighted by atomic mass is 10.0. The van der Waals surface area contributed by atoms with Gasteiger partial charge in [-0.05, 0) is 12.8 Å². The van der Waals surface area contributed by atoms with E-state index in [2.05, 4.69) is 13.8 Å². The summed E-state index contributed by atoms with van der Waals surface area (Å²) < 4.78 is 33.0. The summed E-state index contributed by atoms with van der Waals surface area (Å²) in [5.74, 6) is -0.806. The molecule has 2 atom stereocenters. The first-order valence-electron chi connectivity index (χ1n) is 26.0. The van der Waals surface area contributed by atoms with E-state index in [9.17, 15) is 19.0 Å². The molecular formula is C50H100NO8P. The van der Waals surface area contributed by atoms with Crippen LogP contribution in [0.15, 0.2) is 0 Å². The molecule has 3 N–H and O–H groups in total. The quantitative estimate of drug-likeness (QED) is 0.0348. The van der Waals surface area contributed by atoms with E-state index in [0.29, 0.717) is 6.42 Å². The maximum Gasteiger partial charge on any atom is 0.472 e. The second-order valence-electron chi connectivity index (χ2n) is 17.8. The van der Waals surface area contributed by atoms with Gasteiger partial charge >= 0.3 is 19.8 Å². The summed E-state index contributed by atoms with van der Waals surface area (Å²) in [5, 5.41) is 0. The lowest BCUT2D eigenvalue weighted by Gasteiger charge is -2.19. The topological polar surface area (TPSA) is 134 Å². The third kappa shape index (κ3) is 46.5. The van der Waals surface area contributed by atoms with Crippen LogP contribution in [-0.4, -0.2) is 49.3 Å². The number of nitrogens with two attached hydrogens (primary N) is 1.